The standard InChI is InChI=1S/C12H23NO2/c1-4-7-10(2)13(3)12(11(14)15)8-5-6-9-12/h10H,4-9H2,1-3H3,(H,14,15). The van der Waals surface area contributed by atoms with Gasteiger partial charge in [-0.1, -0.05) is 26.2 Å². The third-order valence-corrected chi connectivity index (χ3v) is 3.87. The SMILES string of the molecule is CCCC(C)N(C)C1(C(=O)O)CCCC1. The van der Waals surface area contributed by atoms with Gasteiger partial charge in [0.2, 0.25) is 0 Å². The Labute approximate surface area is 92.5 Å². The van der Waals surface area contributed by atoms with Crippen LogP contribution >= 0.6 is 0 Å². The molecule has 0 amide bonds. The van der Waals surface area contributed by atoms with Crippen molar-refractivity contribution in [1.29, 1.82) is 0 Å². The van der Waals surface area contributed by atoms with E-state index in [2.05, 4.69) is 18.7 Å². The van der Waals surface area contributed by atoms with Gasteiger partial charge in [-0.15, -0.1) is 0 Å². The summed E-state index contributed by atoms with van der Waals surface area (Å²) in [5, 5.41) is 9.41. The van der Waals surface area contributed by atoms with Crippen molar-refractivity contribution in [3.63, 3.8) is 0 Å². The third-order valence-electron chi connectivity index (χ3n) is 3.87. The molecule has 0 aliphatic heterocycles. The molecule has 0 spiro atoms. The minimum absolute atomic E-state index is 0.365. The van der Waals surface area contributed by atoms with Gasteiger partial charge in [0.05, 0.1) is 0 Å². The number of likely N-dealkylation sites (N-methyl/N-ethyl adjacent to an activating group) is 1. The lowest BCUT2D eigenvalue weighted by Crippen LogP contribution is -2.54. The minimum atomic E-state index is -0.634. The lowest BCUT2D eigenvalue weighted by Gasteiger charge is -2.39. The highest BCUT2D eigenvalue weighted by Crippen LogP contribution is 2.36. The van der Waals surface area contributed by atoms with Gasteiger partial charge in [0, 0.05) is 6.04 Å². The highest BCUT2D eigenvalue weighted by atomic mass is 16.4. The first kappa shape index (κ1) is 12.5. The number of aliphatic carboxylic acids is 1. The monoisotopic (exact) mass is 213 g/mol. The Kier molecular flexibility index (Phi) is 4.14. The van der Waals surface area contributed by atoms with E-state index in [4.69, 9.17) is 0 Å². The van der Waals surface area contributed by atoms with Gasteiger partial charge in [0.25, 0.3) is 0 Å². The van der Waals surface area contributed by atoms with Gasteiger partial charge in [0.1, 0.15) is 5.54 Å². The number of nitrogens with zero attached hydrogens (tertiary/aromatic N) is 1. The molecule has 0 saturated heterocycles. The Morgan fingerprint density at radius 2 is 2.00 bits per heavy atom. The van der Waals surface area contributed by atoms with Crippen LogP contribution in [-0.2, 0) is 4.79 Å². The second kappa shape index (κ2) is 4.97. The summed E-state index contributed by atoms with van der Waals surface area (Å²) in [6.07, 6.45) is 5.91. The largest absolute Gasteiger partial charge is 0.480 e. The molecule has 1 atom stereocenters. The fraction of sp³-hybridized carbons (Fsp3) is 0.917. The van der Waals surface area contributed by atoms with E-state index in [1.54, 1.807) is 0 Å². The van der Waals surface area contributed by atoms with E-state index in [0.717, 1.165) is 38.5 Å². The molecule has 1 unspecified atom stereocenters. The van der Waals surface area contributed by atoms with Crippen molar-refractivity contribution in [2.75, 3.05) is 7.05 Å². The molecular weight excluding hydrogens is 190 g/mol. The van der Waals surface area contributed by atoms with Crippen LogP contribution < -0.4 is 0 Å². The summed E-state index contributed by atoms with van der Waals surface area (Å²) < 4.78 is 0. The topological polar surface area (TPSA) is 40.5 Å². The van der Waals surface area contributed by atoms with Crippen LogP contribution in [-0.4, -0.2) is 34.6 Å². The fourth-order valence-electron chi connectivity index (χ4n) is 2.71. The molecule has 1 aliphatic rings. The van der Waals surface area contributed by atoms with Crippen LogP contribution in [0.2, 0.25) is 0 Å². The fourth-order valence-corrected chi connectivity index (χ4v) is 2.71. The molecule has 15 heavy (non-hydrogen) atoms. The van der Waals surface area contributed by atoms with Crippen LogP contribution in [0.4, 0.5) is 0 Å². The van der Waals surface area contributed by atoms with Crippen molar-refractivity contribution in [2.45, 2.75) is 64.0 Å². The number of hydrogen-bond donors (Lipinski definition) is 1. The van der Waals surface area contributed by atoms with E-state index in [1.165, 1.54) is 0 Å². The summed E-state index contributed by atoms with van der Waals surface area (Å²) in [5.41, 5.74) is -0.575. The van der Waals surface area contributed by atoms with Gasteiger partial charge in [-0.3, -0.25) is 9.69 Å². The van der Waals surface area contributed by atoms with E-state index in [0.29, 0.717) is 6.04 Å². The van der Waals surface area contributed by atoms with Gasteiger partial charge in [-0.25, -0.2) is 0 Å². The molecule has 0 aromatic heterocycles. The lowest BCUT2D eigenvalue weighted by atomic mass is 9.93. The molecule has 0 aromatic rings. The van der Waals surface area contributed by atoms with Crippen LogP contribution in [0.25, 0.3) is 0 Å². The molecule has 1 N–H and O–H groups in total. The molecule has 0 radical (unpaired) electrons. The number of carboxylic acid groups (broad SMARTS) is 1. The van der Waals surface area contributed by atoms with Gasteiger partial charge in [-0.2, -0.15) is 0 Å². The van der Waals surface area contributed by atoms with Gasteiger partial charge in [0.15, 0.2) is 0 Å². The Morgan fingerprint density at radius 1 is 1.47 bits per heavy atom. The summed E-state index contributed by atoms with van der Waals surface area (Å²) >= 11 is 0. The summed E-state index contributed by atoms with van der Waals surface area (Å²) in [6, 6.07) is 0.365. The predicted molar refractivity (Wildman–Crippen MR) is 61.0 cm³/mol. The zero-order valence-electron chi connectivity index (χ0n) is 10.1. The predicted octanol–water partition coefficient (Wildman–Crippen LogP) is 2.50. The van der Waals surface area contributed by atoms with Gasteiger partial charge in [-0.05, 0) is 33.2 Å². The second-order valence-corrected chi connectivity index (χ2v) is 4.79. The van der Waals surface area contributed by atoms with Crippen LogP contribution in [0.15, 0.2) is 0 Å². The van der Waals surface area contributed by atoms with Crippen molar-refractivity contribution in [1.82, 2.24) is 4.90 Å². The van der Waals surface area contributed by atoms with Crippen LogP contribution in [0, 0.1) is 0 Å². The number of carboxylic acids is 1. The average molecular weight is 213 g/mol. The van der Waals surface area contributed by atoms with Gasteiger partial charge < -0.3 is 5.11 Å². The molecule has 1 aliphatic carbocycles. The van der Waals surface area contributed by atoms with Crippen molar-refractivity contribution in [3.05, 3.63) is 0 Å². The zero-order valence-corrected chi connectivity index (χ0v) is 10.1. The maximum Gasteiger partial charge on any atom is 0.324 e. The van der Waals surface area contributed by atoms with E-state index in [1.807, 2.05) is 7.05 Å². The number of rotatable bonds is 5. The maximum absolute atomic E-state index is 11.4. The van der Waals surface area contributed by atoms with E-state index in [-0.39, 0.29) is 0 Å². The Hall–Kier alpha value is -0.570. The lowest BCUT2D eigenvalue weighted by molar-refractivity contribution is -0.152. The highest BCUT2D eigenvalue weighted by Gasteiger charge is 2.45. The van der Waals surface area contributed by atoms with Crippen LogP contribution in [0.1, 0.15) is 52.4 Å². The molecule has 0 aromatic carbocycles. The van der Waals surface area contributed by atoms with Crippen LogP contribution in [0.3, 0.4) is 0 Å². The maximum atomic E-state index is 11.4. The number of carbonyl (C=O) groups is 1. The quantitative estimate of drug-likeness (QED) is 0.763. The van der Waals surface area contributed by atoms with E-state index < -0.39 is 11.5 Å². The molecular formula is C12H23NO2. The third kappa shape index (κ3) is 2.33. The van der Waals surface area contributed by atoms with Crippen LogP contribution in [0.5, 0.6) is 0 Å². The molecule has 3 nitrogen and oxygen atoms in total. The summed E-state index contributed by atoms with van der Waals surface area (Å²) in [5.74, 6) is -0.634. The first-order valence-corrected chi connectivity index (χ1v) is 6.01. The summed E-state index contributed by atoms with van der Waals surface area (Å²) in [4.78, 5) is 13.5. The molecule has 1 fully saturated rings. The second-order valence-electron chi connectivity index (χ2n) is 4.79. The Bertz CT molecular complexity index is 222. The average Bonchev–Trinajstić information content (AvgIpc) is 2.66. The first-order valence-electron chi connectivity index (χ1n) is 6.01. The molecule has 0 heterocycles. The highest BCUT2D eigenvalue weighted by molar-refractivity contribution is 5.79. The van der Waals surface area contributed by atoms with Gasteiger partial charge >= 0.3 is 5.97 Å². The summed E-state index contributed by atoms with van der Waals surface area (Å²) in [7, 11) is 1.97. The van der Waals surface area contributed by atoms with Crippen molar-refractivity contribution in [2.24, 2.45) is 0 Å². The van der Waals surface area contributed by atoms with Crippen molar-refractivity contribution in [3.8, 4) is 0 Å². The van der Waals surface area contributed by atoms with Crippen molar-refractivity contribution >= 4 is 5.97 Å². The van der Waals surface area contributed by atoms with E-state index >= 15 is 0 Å². The zero-order chi connectivity index (χ0) is 11.5. The molecule has 88 valence electrons. The van der Waals surface area contributed by atoms with Crippen molar-refractivity contribution < 1.29 is 9.90 Å². The molecule has 0 bridgehead atoms. The first-order chi connectivity index (χ1) is 7.04. The molecule has 1 rings (SSSR count). The minimum Gasteiger partial charge on any atom is -0.480 e. The Balaban J connectivity index is 2.76. The van der Waals surface area contributed by atoms with E-state index in [9.17, 15) is 9.90 Å². The number of hydrogen-bond acceptors (Lipinski definition) is 2. The molecule has 3 heteroatoms. The smallest absolute Gasteiger partial charge is 0.324 e. The summed E-state index contributed by atoms with van der Waals surface area (Å²) in [6.45, 7) is 4.28. The Morgan fingerprint density at radius 3 is 2.40 bits per heavy atom. The normalized spacial score (nSPS) is 21.9. The molecule has 1 saturated carbocycles.